The molecule has 0 unspecified atom stereocenters. The van der Waals surface area contributed by atoms with Gasteiger partial charge in [0.1, 0.15) is 0 Å². The number of carbonyl (C=O) groups is 3. The highest BCUT2D eigenvalue weighted by Crippen LogP contribution is 2.55. The number of rotatable bonds is 8. The Hall–Kier alpha value is -2.85. The maximum Gasteiger partial charge on any atom is 0.262 e. The van der Waals surface area contributed by atoms with E-state index in [4.69, 9.17) is 21.1 Å². The molecule has 0 aromatic heterocycles. The molecule has 44 heavy (non-hydrogen) atoms. The third-order valence-corrected chi connectivity index (χ3v) is 9.58. The molecule has 234 valence electrons. The van der Waals surface area contributed by atoms with Crippen LogP contribution in [-0.4, -0.2) is 42.6 Å². The Labute approximate surface area is 278 Å². The number of allylic oxidation sites excluding steroid dienone is 4. The second-order valence-electron chi connectivity index (χ2n) is 13.6. The summed E-state index contributed by atoms with van der Waals surface area (Å²) in [6.45, 7) is 11.3. The second-order valence-corrected chi connectivity index (χ2v) is 15.2. The molecule has 0 bridgehead atoms. The van der Waals surface area contributed by atoms with Gasteiger partial charge < -0.3 is 19.7 Å². The number of anilines is 1. The summed E-state index contributed by atoms with van der Waals surface area (Å²) in [5, 5.41) is 3.38. The zero-order valence-electron chi connectivity index (χ0n) is 26.2. The molecule has 0 atom stereocenters. The molecular formula is C35H40ClIN2O5. The van der Waals surface area contributed by atoms with E-state index in [9.17, 15) is 14.4 Å². The van der Waals surface area contributed by atoms with Gasteiger partial charge in [-0.05, 0) is 94.6 Å². The molecule has 5 rings (SSSR count). The Balaban J connectivity index is 1.56. The summed E-state index contributed by atoms with van der Waals surface area (Å²) >= 11 is 8.12. The highest BCUT2D eigenvalue weighted by Gasteiger charge is 2.49. The van der Waals surface area contributed by atoms with Crippen LogP contribution in [0.4, 0.5) is 5.69 Å². The first-order valence-electron chi connectivity index (χ1n) is 15.1. The zero-order valence-corrected chi connectivity index (χ0v) is 29.1. The quantitative estimate of drug-likeness (QED) is 0.277. The van der Waals surface area contributed by atoms with Crippen LogP contribution in [0.3, 0.4) is 0 Å². The monoisotopic (exact) mass is 730 g/mol. The molecule has 0 radical (unpaired) electrons. The Morgan fingerprint density at radius 2 is 1.55 bits per heavy atom. The Morgan fingerprint density at radius 1 is 0.977 bits per heavy atom. The number of Topliss-reactive ketones (excluding diaryl/α,β-unsaturated/α-hetero) is 2. The third-order valence-electron chi connectivity index (χ3n) is 8.53. The topological polar surface area (TPSA) is 84.9 Å². The van der Waals surface area contributed by atoms with E-state index in [1.807, 2.05) is 12.1 Å². The van der Waals surface area contributed by atoms with Gasteiger partial charge in [0.2, 0.25) is 0 Å². The van der Waals surface area contributed by atoms with Gasteiger partial charge in [-0.15, -0.1) is 0 Å². The zero-order chi connectivity index (χ0) is 32.0. The summed E-state index contributed by atoms with van der Waals surface area (Å²) in [5.74, 6) is 0.262. The number of hydrogen-bond acceptors (Lipinski definition) is 6. The number of ether oxygens (including phenoxy) is 2. The molecule has 0 spiro atoms. The van der Waals surface area contributed by atoms with Crippen molar-refractivity contribution < 1.29 is 23.9 Å². The van der Waals surface area contributed by atoms with Gasteiger partial charge in [0.05, 0.1) is 10.7 Å². The predicted octanol–water partition coefficient (Wildman–Crippen LogP) is 8.07. The molecule has 2 aromatic rings. The van der Waals surface area contributed by atoms with Crippen molar-refractivity contribution in [3.63, 3.8) is 0 Å². The van der Waals surface area contributed by atoms with Crippen molar-refractivity contribution in [1.29, 1.82) is 0 Å². The van der Waals surface area contributed by atoms with Gasteiger partial charge in [-0.3, -0.25) is 14.4 Å². The molecule has 0 fully saturated rings. The average molecular weight is 731 g/mol. The SMILES string of the molecule is CCCN1C2=C(C(=O)CC(C)(C)C2)C(c2cc(I)c(OCC(=O)Nc3ccc(Cl)cc3)c(OC)c2)C2=C1CC(C)(C)CC2=O. The van der Waals surface area contributed by atoms with Crippen molar-refractivity contribution in [3.05, 3.63) is 73.1 Å². The summed E-state index contributed by atoms with van der Waals surface area (Å²) in [6, 6.07) is 10.7. The molecular weight excluding hydrogens is 691 g/mol. The van der Waals surface area contributed by atoms with Crippen LogP contribution in [0.15, 0.2) is 58.9 Å². The Kier molecular flexibility index (Phi) is 9.25. The number of nitrogens with one attached hydrogen (secondary N) is 1. The fraction of sp³-hybridized carbons (Fsp3) is 0.457. The van der Waals surface area contributed by atoms with E-state index in [2.05, 4.69) is 67.4 Å². The van der Waals surface area contributed by atoms with E-state index >= 15 is 0 Å². The first kappa shape index (κ1) is 32.5. The van der Waals surface area contributed by atoms with Gasteiger partial charge >= 0.3 is 0 Å². The summed E-state index contributed by atoms with van der Waals surface area (Å²) in [4.78, 5) is 43.0. The summed E-state index contributed by atoms with van der Waals surface area (Å²) in [6.07, 6.45) is 3.32. The average Bonchev–Trinajstić information content (AvgIpc) is 2.92. The van der Waals surface area contributed by atoms with Gasteiger partial charge in [0.25, 0.3) is 5.91 Å². The van der Waals surface area contributed by atoms with Crippen LogP contribution in [0.1, 0.15) is 78.2 Å². The highest BCUT2D eigenvalue weighted by molar-refractivity contribution is 14.1. The molecule has 2 aromatic carbocycles. The van der Waals surface area contributed by atoms with Gasteiger partial charge in [-0.25, -0.2) is 0 Å². The summed E-state index contributed by atoms with van der Waals surface area (Å²) in [7, 11) is 1.55. The van der Waals surface area contributed by atoms with Crippen molar-refractivity contribution in [1.82, 2.24) is 4.90 Å². The largest absolute Gasteiger partial charge is 0.493 e. The van der Waals surface area contributed by atoms with E-state index in [1.165, 1.54) is 0 Å². The first-order chi connectivity index (χ1) is 20.7. The van der Waals surface area contributed by atoms with Crippen LogP contribution >= 0.6 is 34.2 Å². The predicted molar refractivity (Wildman–Crippen MR) is 181 cm³/mol. The fourth-order valence-corrected chi connectivity index (χ4v) is 7.70. The molecule has 0 saturated carbocycles. The molecule has 1 N–H and O–H groups in total. The van der Waals surface area contributed by atoms with Crippen molar-refractivity contribution >= 4 is 57.4 Å². The van der Waals surface area contributed by atoms with Crippen LogP contribution in [0, 0.1) is 14.4 Å². The van der Waals surface area contributed by atoms with E-state index < -0.39 is 5.92 Å². The van der Waals surface area contributed by atoms with Crippen LogP contribution < -0.4 is 14.8 Å². The van der Waals surface area contributed by atoms with Crippen molar-refractivity contribution in [2.24, 2.45) is 10.8 Å². The maximum absolute atomic E-state index is 14.0. The van der Waals surface area contributed by atoms with E-state index in [1.54, 1.807) is 31.4 Å². The molecule has 3 aliphatic rings. The minimum Gasteiger partial charge on any atom is -0.493 e. The number of halogens is 2. The Bertz CT molecular complexity index is 1520. The number of hydrogen-bond donors (Lipinski definition) is 1. The number of amides is 1. The second kappa shape index (κ2) is 12.5. The molecule has 7 nitrogen and oxygen atoms in total. The summed E-state index contributed by atoms with van der Waals surface area (Å²) in [5.41, 5.74) is 4.66. The minimum atomic E-state index is -0.482. The number of methoxy groups -OCH3 is 1. The molecule has 9 heteroatoms. The van der Waals surface area contributed by atoms with Gasteiger partial charge in [0, 0.05) is 58.6 Å². The molecule has 1 heterocycles. The fourth-order valence-electron chi connectivity index (χ4n) is 6.79. The summed E-state index contributed by atoms with van der Waals surface area (Å²) < 4.78 is 12.5. The number of nitrogens with zero attached hydrogens (tertiary/aromatic N) is 1. The lowest BCUT2D eigenvalue weighted by Crippen LogP contribution is -2.44. The Morgan fingerprint density at radius 3 is 2.07 bits per heavy atom. The van der Waals surface area contributed by atoms with Crippen molar-refractivity contribution in [2.75, 3.05) is 25.6 Å². The number of benzene rings is 2. The lowest BCUT2D eigenvalue weighted by Gasteiger charge is -2.49. The van der Waals surface area contributed by atoms with Crippen molar-refractivity contribution in [2.45, 2.75) is 72.6 Å². The number of carbonyl (C=O) groups excluding carboxylic acids is 3. The normalized spacial score (nSPS) is 19.5. The van der Waals surface area contributed by atoms with Crippen LogP contribution in [0.25, 0.3) is 0 Å². The smallest absolute Gasteiger partial charge is 0.262 e. The highest BCUT2D eigenvalue weighted by atomic mass is 127. The molecule has 0 saturated heterocycles. The van der Waals surface area contributed by atoms with Crippen LogP contribution in [0.2, 0.25) is 5.02 Å². The maximum atomic E-state index is 14.0. The molecule has 1 amide bonds. The minimum absolute atomic E-state index is 0.0970. The van der Waals surface area contributed by atoms with Gasteiger partial charge in [-0.2, -0.15) is 0 Å². The molecule has 2 aliphatic carbocycles. The van der Waals surface area contributed by atoms with Crippen LogP contribution in [0.5, 0.6) is 11.5 Å². The number of ketones is 2. The van der Waals surface area contributed by atoms with Gasteiger partial charge in [0.15, 0.2) is 29.7 Å². The first-order valence-corrected chi connectivity index (χ1v) is 16.5. The lowest BCUT2D eigenvalue weighted by molar-refractivity contribution is -0.120. The third kappa shape index (κ3) is 6.57. The van der Waals surface area contributed by atoms with E-state index in [-0.39, 0.29) is 34.9 Å². The van der Waals surface area contributed by atoms with E-state index in [0.717, 1.165) is 57.5 Å². The van der Waals surface area contributed by atoms with Crippen molar-refractivity contribution in [3.8, 4) is 11.5 Å². The van der Waals surface area contributed by atoms with Crippen LogP contribution in [-0.2, 0) is 14.4 Å². The lowest BCUT2D eigenvalue weighted by atomic mass is 9.63. The van der Waals surface area contributed by atoms with Gasteiger partial charge in [-0.1, -0.05) is 46.2 Å². The standard InChI is InChI=1S/C35H40ClIN2O5/c1-7-12-39-24-15-34(2,3)17-26(40)31(24)30(32-25(39)16-35(4,5)18-27(32)41)20-13-23(37)33(28(14-20)43-6)44-19-29(42)38-22-10-8-21(36)9-11-22/h8-11,13-14,30H,7,12,15-19H2,1-6H3,(H,38,42). The van der Waals surface area contributed by atoms with E-state index in [0.29, 0.717) is 35.1 Å². The molecule has 1 aliphatic heterocycles.